The van der Waals surface area contributed by atoms with E-state index in [-0.39, 0.29) is 17.7 Å². The van der Waals surface area contributed by atoms with Crippen molar-refractivity contribution in [1.82, 2.24) is 10.2 Å². The second-order valence-corrected chi connectivity index (χ2v) is 6.03. The molecule has 1 atom stereocenters. The van der Waals surface area contributed by atoms with Gasteiger partial charge in [0.1, 0.15) is 17.5 Å². The van der Waals surface area contributed by atoms with Crippen LogP contribution >= 0.6 is 0 Å². The maximum Gasteiger partial charge on any atom is 0.124 e. The van der Waals surface area contributed by atoms with Gasteiger partial charge in [-0.05, 0) is 53.8 Å². The zero-order valence-electron chi connectivity index (χ0n) is 13.0. The molecule has 0 unspecified atom stereocenters. The molecule has 4 rings (SSSR count). The zero-order chi connectivity index (χ0) is 16.5. The van der Waals surface area contributed by atoms with Gasteiger partial charge in [-0.1, -0.05) is 18.2 Å². The molecule has 0 radical (unpaired) electrons. The molecule has 2 heterocycles. The van der Waals surface area contributed by atoms with Crippen LogP contribution in [0.1, 0.15) is 24.4 Å². The summed E-state index contributed by atoms with van der Waals surface area (Å²) in [5.74, 6) is 0.404. The number of hydrogen-bond donors (Lipinski definition) is 1. The number of rotatable bonds is 3. The SMILES string of the molecule is Fc1ccc(-c2ccc(F)cc2[C@H]2CCCN2c2ccn[nH]2)cc1. The molecule has 1 N–H and O–H groups in total. The van der Waals surface area contributed by atoms with Gasteiger partial charge in [-0.3, -0.25) is 5.10 Å². The van der Waals surface area contributed by atoms with Crippen LogP contribution in [0.5, 0.6) is 0 Å². The molecule has 122 valence electrons. The Labute approximate surface area is 138 Å². The Bertz CT molecular complexity index is 828. The van der Waals surface area contributed by atoms with Crippen LogP contribution in [-0.4, -0.2) is 16.7 Å². The largest absolute Gasteiger partial charge is 0.350 e. The number of H-pyrrole nitrogens is 1. The molecule has 0 spiro atoms. The molecule has 1 fully saturated rings. The standard InChI is InChI=1S/C19H17F2N3/c20-14-5-3-13(4-6-14)16-8-7-15(21)12-17(16)18-2-1-11-24(18)19-9-10-22-23-19/h3-10,12,18H,1-2,11H2,(H,22,23)/t18-/m1/s1. The van der Waals surface area contributed by atoms with E-state index in [1.165, 1.54) is 18.2 Å². The lowest BCUT2D eigenvalue weighted by atomic mass is 9.93. The summed E-state index contributed by atoms with van der Waals surface area (Å²) in [6.45, 7) is 0.895. The fourth-order valence-electron chi connectivity index (χ4n) is 3.49. The minimum Gasteiger partial charge on any atom is -0.350 e. The lowest BCUT2D eigenvalue weighted by molar-refractivity contribution is 0.618. The minimum atomic E-state index is -0.276. The first-order valence-corrected chi connectivity index (χ1v) is 8.04. The third kappa shape index (κ3) is 2.66. The van der Waals surface area contributed by atoms with Crippen molar-refractivity contribution in [2.45, 2.75) is 18.9 Å². The molecule has 1 aliphatic rings. The Morgan fingerprint density at radius 2 is 1.79 bits per heavy atom. The van der Waals surface area contributed by atoms with E-state index >= 15 is 0 Å². The lowest BCUT2D eigenvalue weighted by Gasteiger charge is -2.27. The van der Waals surface area contributed by atoms with Crippen molar-refractivity contribution in [1.29, 1.82) is 0 Å². The summed E-state index contributed by atoms with van der Waals surface area (Å²) in [5.41, 5.74) is 2.75. The number of aromatic amines is 1. The molecule has 3 aromatic rings. The summed E-state index contributed by atoms with van der Waals surface area (Å²) in [4.78, 5) is 2.22. The number of benzene rings is 2. The maximum absolute atomic E-state index is 14.0. The van der Waals surface area contributed by atoms with E-state index in [0.717, 1.165) is 41.9 Å². The van der Waals surface area contributed by atoms with Crippen LogP contribution in [0.25, 0.3) is 11.1 Å². The Hall–Kier alpha value is -2.69. The Kier molecular flexibility index (Phi) is 3.76. The van der Waals surface area contributed by atoms with Crippen molar-refractivity contribution < 1.29 is 8.78 Å². The highest BCUT2D eigenvalue weighted by Gasteiger charge is 2.29. The monoisotopic (exact) mass is 325 g/mol. The highest BCUT2D eigenvalue weighted by molar-refractivity contribution is 5.69. The number of nitrogens with zero attached hydrogens (tertiary/aromatic N) is 2. The molecule has 1 aliphatic heterocycles. The van der Waals surface area contributed by atoms with Gasteiger partial charge in [0.15, 0.2) is 0 Å². The fraction of sp³-hybridized carbons (Fsp3) is 0.211. The van der Waals surface area contributed by atoms with Gasteiger partial charge in [-0.25, -0.2) is 8.78 Å². The van der Waals surface area contributed by atoms with Crippen LogP contribution in [0.4, 0.5) is 14.6 Å². The topological polar surface area (TPSA) is 31.9 Å². The summed E-state index contributed by atoms with van der Waals surface area (Å²) in [6, 6.07) is 13.2. The van der Waals surface area contributed by atoms with Gasteiger partial charge in [0.2, 0.25) is 0 Å². The van der Waals surface area contributed by atoms with E-state index in [1.807, 2.05) is 6.07 Å². The zero-order valence-corrected chi connectivity index (χ0v) is 13.0. The maximum atomic E-state index is 14.0. The number of nitrogens with one attached hydrogen (secondary N) is 1. The Morgan fingerprint density at radius 1 is 1.00 bits per heavy atom. The van der Waals surface area contributed by atoms with Crippen molar-refractivity contribution >= 4 is 5.82 Å². The van der Waals surface area contributed by atoms with E-state index in [9.17, 15) is 8.78 Å². The van der Waals surface area contributed by atoms with E-state index in [4.69, 9.17) is 0 Å². The molecular weight excluding hydrogens is 308 g/mol. The molecule has 0 amide bonds. The number of halogens is 2. The molecule has 5 heteroatoms. The summed E-state index contributed by atoms with van der Waals surface area (Å²) in [6.07, 6.45) is 3.69. The third-order valence-electron chi connectivity index (χ3n) is 4.58. The van der Waals surface area contributed by atoms with Gasteiger partial charge in [0, 0.05) is 12.6 Å². The highest BCUT2D eigenvalue weighted by Crippen LogP contribution is 2.40. The van der Waals surface area contributed by atoms with E-state index in [2.05, 4.69) is 15.1 Å². The van der Waals surface area contributed by atoms with Gasteiger partial charge < -0.3 is 4.90 Å². The van der Waals surface area contributed by atoms with Crippen LogP contribution in [0.2, 0.25) is 0 Å². The molecule has 1 saturated heterocycles. The smallest absolute Gasteiger partial charge is 0.124 e. The van der Waals surface area contributed by atoms with Crippen molar-refractivity contribution in [3.8, 4) is 11.1 Å². The summed E-state index contributed by atoms with van der Waals surface area (Å²) in [5, 5.41) is 7.01. The molecule has 0 bridgehead atoms. The predicted octanol–water partition coefficient (Wildman–Crippen LogP) is 4.70. The van der Waals surface area contributed by atoms with Gasteiger partial charge in [0.05, 0.1) is 12.2 Å². The molecule has 0 aliphatic carbocycles. The first-order chi connectivity index (χ1) is 11.7. The van der Waals surface area contributed by atoms with Gasteiger partial charge in [-0.15, -0.1) is 0 Å². The van der Waals surface area contributed by atoms with Crippen molar-refractivity contribution in [3.63, 3.8) is 0 Å². The molecule has 1 aromatic heterocycles. The highest BCUT2D eigenvalue weighted by atomic mass is 19.1. The first-order valence-electron chi connectivity index (χ1n) is 8.04. The van der Waals surface area contributed by atoms with Crippen LogP contribution in [0.3, 0.4) is 0 Å². The number of aromatic nitrogens is 2. The molecule has 2 aromatic carbocycles. The summed E-state index contributed by atoms with van der Waals surface area (Å²) < 4.78 is 27.2. The third-order valence-corrected chi connectivity index (χ3v) is 4.58. The number of hydrogen-bond acceptors (Lipinski definition) is 2. The first kappa shape index (κ1) is 14.9. The van der Waals surface area contributed by atoms with E-state index in [1.54, 1.807) is 30.5 Å². The normalized spacial score (nSPS) is 17.4. The lowest BCUT2D eigenvalue weighted by Crippen LogP contribution is -2.23. The Balaban J connectivity index is 1.79. The average Bonchev–Trinajstić information content (AvgIpc) is 3.27. The second kappa shape index (κ2) is 6.07. The van der Waals surface area contributed by atoms with Crippen LogP contribution in [-0.2, 0) is 0 Å². The van der Waals surface area contributed by atoms with Crippen molar-refractivity contribution in [3.05, 3.63) is 71.9 Å². The number of anilines is 1. The van der Waals surface area contributed by atoms with E-state index in [0.29, 0.717) is 0 Å². The average molecular weight is 325 g/mol. The quantitative estimate of drug-likeness (QED) is 0.757. The van der Waals surface area contributed by atoms with Gasteiger partial charge >= 0.3 is 0 Å². The molecular formula is C19H17F2N3. The molecule has 0 saturated carbocycles. The van der Waals surface area contributed by atoms with Gasteiger partial charge in [0.25, 0.3) is 0 Å². The van der Waals surface area contributed by atoms with E-state index < -0.39 is 0 Å². The predicted molar refractivity (Wildman–Crippen MR) is 89.7 cm³/mol. The molecule has 3 nitrogen and oxygen atoms in total. The van der Waals surface area contributed by atoms with Crippen molar-refractivity contribution in [2.24, 2.45) is 0 Å². The molecule has 24 heavy (non-hydrogen) atoms. The van der Waals surface area contributed by atoms with Crippen LogP contribution in [0.15, 0.2) is 54.7 Å². The van der Waals surface area contributed by atoms with Crippen molar-refractivity contribution in [2.75, 3.05) is 11.4 Å². The van der Waals surface area contributed by atoms with Crippen LogP contribution < -0.4 is 4.90 Å². The second-order valence-electron chi connectivity index (χ2n) is 6.03. The minimum absolute atomic E-state index is 0.0706. The Morgan fingerprint density at radius 3 is 2.54 bits per heavy atom. The summed E-state index contributed by atoms with van der Waals surface area (Å²) in [7, 11) is 0. The van der Waals surface area contributed by atoms with Crippen LogP contribution in [0, 0.1) is 11.6 Å². The van der Waals surface area contributed by atoms with Gasteiger partial charge in [-0.2, -0.15) is 5.10 Å². The fourth-order valence-corrected chi connectivity index (χ4v) is 3.49. The summed E-state index contributed by atoms with van der Waals surface area (Å²) >= 11 is 0.